The van der Waals surface area contributed by atoms with Crippen molar-refractivity contribution in [3.05, 3.63) is 59.9 Å². The number of nitrogens with one attached hydrogen (secondary N) is 1. The molecule has 0 aliphatic carbocycles. The van der Waals surface area contributed by atoms with Gasteiger partial charge in [0.1, 0.15) is 11.6 Å². The lowest BCUT2D eigenvalue weighted by molar-refractivity contribution is 0.102. The third-order valence-corrected chi connectivity index (χ3v) is 2.25. The van der Waals surface area contributed by atoms with Crippen molar-refractivity contribution in [2.24, 2.45) is 0 Å². The van der Waals surface area contributed by atoms with Crippen LogP contribution in [0.25, 0.3) is 0 Å². The van der Waals surface area contributed by atoms with Gasteiger partial charge in [-0.2, -0.15) is 0 Å². The van der Waals surface area contributed by atoms with Crippen molar-refractivity contribution in [1.29, 1.82) is 0 Å². The van der Waals surface area contributed by atoms with E-state index in [4.69, 9.17) is 5.11 Å². The van der Waals surface area contributed by atoms with Gasteiger partial charge in [-0.15, -0.1) is 0 Å². The van der Waals surface area contributed by atoms with Gasteiger partial charge >= 0.3 is 0 Å². The Balaban J connectivity index is 2.17. The van der Waals surface area contributed by atoms with Crippen LogP contribution in [-0.2, 0) is 0 Å². The van der Waals surface area contributed by atoms with Gasteiger partial charge in [0.2, 0.25) is 0 Å². The standard InChI is InChI=1S/C13H10FNO2/c14-11-3-1-2-4-12(11)15-13(17)9-5-7-10(16)8-6-9/h1-8,16H,(H,15,17). The van der Waals surface area contributed by atoms with E-state index in [0.717, 1.165) is 0 Å². The molecule has 2 aromatic rings. The van der Waals surface area contributed by atoms with Gasteiger partial charge in [0, 0.05) is 5.56 Å². The molecule has 0 aliphatic rings. The average molecular weight is 231 g/mol. The Bertz CT molecular complexity index is 537. The predicted molar refractivity (Wildman–Crippen MR) is 62.5 cm³/mol. The Morgan fingerprint density at radius 2 is 1.71 bits per heavy atom. The molecule has 0 heterocycles. The van der Waals surface area contributed by atoms with E-state index in [-0.39, 0.29) is 11.4 Å². The predicted octanol–water partition coefficient (Wildman–Crippen LogP) is 2.78. The Morgan fingerprint density at radius 1 is 1.06 bits per heavy atom. The number of rotatable bonds is 2. The van der Waals surface area contributed by atoms with Crippen molar-refractivity contribution in [2.75, 3.05) is 5.32 Å². The lowest BCUT2D eigenvalue weighted by Crippen LogP contribution is -2.12. The Hall–Kier alpha value is -2.36. The highest BCUT2D eigenvalue weighted by atomic mass is 19.1. The smallest absolute Gasteiger partial charge is 0.255 e. The summed E-state index contributed by atoms with van der Waals surface area (Å²) in [4.78, 5) is 11.7. The Kier molecular flexibility index (Phi) is 3.05. The Labute approximate surface area is 97.5 Å². The second-order valence-electron chi connectivity index (χ2n) is 3.48. The van der Waals surface area contributed by atoms with Gasteiger partial charge in [-0.1, -0.05) is 12.1 Å². The van der Waals surface area contributed by atoms with Crippen molar-refractivity contribution in [2.45, 2.75) is 0 Å². The number of carbonyl (C=O) groups is 1. The van der Waals surface area contributed by atoms with Crippen molar-refractivity contribution < 1.29 is 14.3 Å². The first-order valence-corrected chi connectivity index (χ1v) is 5.02. The number of amides is 1. The highest BCUT2D eigenvalue weighted by Gasteiger charge is 2.08. The summed E-state index contributed by atoms with van der Waals surface area (Å²) < 4.78 is 13.3. The Morgan fingerprint density at radius 3 is 2.35 bits per heavy atom. The molecule has 0 aromatic heterocycles. The summed E-state index contributed by atoms with van der Waals surface area (Å²) in [5.41, 5.74) is 0.483. The van der Waals surface area contributed by atoms with Crippen LogP contribution in [0.2, 0.25) is 0 Å². The normalized spacial score (nSPS) is 9.94. The number of aromatic hydroxyl groups is 1. The first-order valence-electron chi connectivity index (χ1n) is 5.02. The first-order chi connectivity index (χ1) is 8.16. The summed E-state index contributed by atoms with van der Waals surface area (Å²) in [7, 11) is 0. The first kappa shape index (κ1) is 11.1. The van der Waals surface area contributed by atoms with Gasteiger partial charge in [0.15, 0.2) is 0 Å². The topological polar surface area (TPSA) is 49.3 Å². The number of phenols is 1. The molecule has 4 heteroatoms. The molecule has 0 unspecified atom stereocenters. The van der Waals surface area contributed by atoms with Gasteiger partial charge in [-0.25, -0.2) is 4.39 Å². The lowest BCUT2D eigenvalue weighted by Gasteiger charge is -2.05. The minimum absolute atomic E-state index is 0.0763. The van der Waals surface area contributed by atoms with Crippen LogP contribution in [0.4, 0.5) is 10.1 Å². The maximum absolute atomic E-state index is 13.3. The van der Waals surface area contributed by atoms with Crippen LogP contribution < -0.4 is 5.32 Å². The monoisotopic (exact) mass is 231 g/mol. The minimum atomic E-state index is -0.486. The largest absolute Gasteiger partial charge is 0.508 e. The highest BCUT2D eigenvalue weighted by Crippen LogP contribution is 2.15. The SMILES string of the molecule is O=C(Nc1ccccc1F)c1ccc(O)cc1. The number of benzene rings is 2. The molecule has 2 rings (SSSR count). The molecule has 0 fully saturated rings. The molecule has 0 bridgehead atoms. The highest BCUT2D eigenvalue weighted by molar-refractivity contribution is 6.04. The van der Waals surface area contributed by atoms with Crippen LogP contribution in [0.3, 0.4) is 0 Å². The maximum atomic E-state index is 13.3. The van der Waals surface area contributed by atoms with Gasteiger partial charge in [-0.3, -0.25) is 4.79 Å². The average Bonchev–Trinajstić information content (AvgIpc) is 2.33. The fraction of sp³-hybridized carbons (Fsp3) is 0. The third-order valence-electron chi connectivity index (χ3n) is 2.25. The maximum Gasteiger partial charge on any atom is 0.255 e. The van der Waals surface area contributed by atoms with E-state index in [2.05, 4.69) is 5.32 Å². The molecule has 2 N–H and O–H groups in total. The van der Waals surface area contributed by atoms with E-state index >= 15 is 0 Å². The molecule has 1 amide bonds. The molecule has 0 atom stereocenters. The van der Waals surface area contributed by atoms with Crippen molar-refractivity contribution in [3.63, 3.8) is 0 Å². The molecule has 2 aromatic carbocycles. The summed E-state index contributed by atoms with van der Waals surface area (Å²) in [5, 5.41) is 11.5. The van der Waals surface area contributed by atoms with Gasteiger partial charge in [0.25, 0.3) is 5.91 Å². The number of anilines is 1. The fourth-order valence-corrected chi connectivity index (χ4v) is 1.37. The summed E-state index contributed by atoms with van der Waals surface area (Å²) in [6.07, 6.45) is 0. The molecule has 86 valence electrons. The number of para-hydroxylation sites is 1. The fourth-order valence-electron chi connectivity index (χ4n) is 1.37. The second kappa shape index (κ2) is 4.65. The van der Waals surface area contributed by atoms with Gasteiger partial charge in [-0.05, 0) is 36.4 Å². The van der Waals surface area contributed by atoms with Crippen LogP contribution in [0, 0.1) is 5.82 Å². The molecular formula is C13H10FNO2. The van der Waals surface area contributed by atoms with E-state index in [9.17, 15) is 9.18 Å². The molecule has 0 saturated carbocycles. The van der Waals surface area contributed by atoms with E-state index in [0.29, 0.717) is 5.56 Å². The van der Waals surface area contributed by atoms with Crippen molar-refractivity contribution in [1.82, 2.24) is 0 Å². The van der Waals surface area contributed by atoms with Gasteiger partial charge in [0.05, 0.1) is 5.69 Å². The van der Waals surface area contributed by atoms with E-state index in [1.54, 1.807) is 12.1 Å². The summed E-state index contributed by atoms with van der Waals surface area (Å²) >= 11 is 0. The zero-order valence-corrected chi connectivity index (χ0v) is 8.85. The number of carbonyl (C=O) groups excluding carboxylic acids is 1. The van der Waals surface area contributed by atoms with Crippen LogP contribution in [-0.4, -0.2) is 11.0 Å². The molecule has 0 spiro atoms. The number of hydrogen-bond donors (Lipinski definition) is 2. The minimum Gasteiger partial charge on any atom is -0.508 e. The van der Waals surface area contributed by atoms with Crippen molar-refractivity contribution in [3.8, 4) is 5.75 Å². The number of hydrogen-bond acceptors (Lipinski definition) is 2. The number of phenolic OH excluding ortho intramolecular Hbond substituents is 1. The summed E-state index contributed by atoms with van der Waals surface area (Å²) in [5.74, 6) is -0.831. The van der Waals surface area contributed by atoms with Crippen LogP contribution in [0.5, 0.6) is 5.75 Å². The second-order valence-corrected chi connectivity index (χ2v) is 3.48. The quantitative estimate of drug-likeness (QED) is 0.834. The van der Waals surface area contributed by atoms with E-state index in [1.165, 1.54) is 36.4 Å². The zero-order valence-electron chi connectivity index (χ0n) is 8.85. The van der Waals surface area contributed by atoms with E-state index in [1.807, 2.05) is 0 Å². The molecule has 0 saturated heterocycles. The number of halogens is 1. The van der Waals surface area contributed by atoms with E-state index < -0.39 is 11.7 Å². The lowest BCUT2D eigenvalue weighted by atomic mass is 10.2. The van der Waals surface area contributed by atoms with Crippen molar-refractivity contribution >= 4 is 11.6 Å². The van der Waals surface area contributed by atoms with Crippen LogP contribution in [0.1, 0.15) is 10.4 Å². The summed E-state index contributed by atoms with van der Waals surface area (Å²) in [6, 6.07) is 11.7. The molecule has 17 heavy (non-hydrogen) atoms. The molecule has 0 aliphatic heterocycles. The molecular weight excluding hydrogens is 221 g/mol. The zero-order chi connectivity index (χ0) is 12.3. The third kappa shape index (κ3) is 2.60. The molecule has 3 nitrogen and oxygen atoms in total. The summed E-state index contributed by atoms with van der Waals surface area (Å²) in [6.45, 7) is 0. The van der Waals surface area contributed by atoms with Crippen LogP contribution >= 0.6 is 0 Å². The van der Waals surface area contributed by atoms with Gasteiger partial charge < -0.3 is 10.4 Å². The molecule has 0 radical (unpaired) electrons. The van der Waals surface area contributed by atoms with Crippen LogP contribution in [0.15, 0.2) is 48.5 Å².